The first-order valence-electron chi connectivity index (χ1n) is 7.48. The Morgan fingerprint density at radius 3 is 2.50 bits per heavy atom. The highest BCUT2D eigenvalue weighted by molar-refractivity contribution is 9.10. The number of urea groups is 1. The molecule has 2 aliphatic rings. The Bertz CT molecular complexity index is 792. The second kappa shape index (κ2) is 6.08. The monoisotopic (exact) mass is 416 g/mol. The van der Waals surface area contributed by atoms with Crippen LogP contribution < -0.4 is 10.6 Å². The Balaban J connectivity index is 1.73. The molecule has 0 bridgehead atoms. The number of nitrogens with one attached hydrogen (secondary N) is 2. The minimum Gasteiger partial charge on any atom is -0.323 e. The Hall–Kier alpha value is -1.52. The lowest BCUT2D eigenvalue weighted by Gasteiger charge is -2.38. The van der Waals surface area contributed by atoms with E-state index < -0.39 is 21.6 Å². The molecule has 2 saturated heterocycles. The van der Waals surface area contributed by atoms with E-state index in [1.807, 2.05) is 0 Å². The Morgan fingerprint density at radius 2 is 1.96 bits per heavy atom. The number of hydrogen-bond donors (Lipinski definition) is 2. The first-order chi connectivity index (χ1) is 11.2. The van der Waals surface area contributed by atoms with Gasteiger partial charge in [-0.05, 0) is 47.7 Å². The van der Waals surface area contributed by atoms with Crippen molar-refractivity contribution in [2.75, 3.05) is 13.1 Å². The molecule has 1 unspecified atom stereocenters. The molecule has 0 aliphatic carbocycles. The van der Waals surface area contributed by atoms with Crippen molar-refractivity contribution in [3.63, 3.8) is 0 Å². The smallest absolute Gasteiger partial charge is 0.322 e. The summed E-state index contributed by atoms with van der Waals surface area (Å²) in [6, 6.07) is 1.01. The number of nitrogens with zero attached hydrogens (tertiary/aromatic N) is 2. The maximum absolute atomic E-state index is 12.7. The van der Waals surface area contributed by atoms with Crippen LogP contribution in [0.15, 0.2) is 27.8 Å². The molecule has 8 nitrogen and oxygen atoms in total. The summed E-state index contributed by atoms with van der Waals surface area (Å²) in [5.41, 5.74) is -0.982. The molecule has 1 aromatic heterocycles. The molecule has 130 valence electrons. The van der Waals surface area contributed by atoms with Crippen LogP contribution in [-0.4, -0.2) is 48.3 Å². The van der Waals surface area contributed by atoms with Gasteiger partial charge in [0.1, 0.15) is 10.4 Å². The molecule has 0 saturated carbocycles. The quantitative estimate of drug-likeness (QED) is 0.709. The average Bonchev–Trinajstić information content (AvgIpc) is 2.81. The van der Waals surface area contributed by atoms with Crippen LogP contribution in [0.3, 0.4) is 0 Å². The van der Waals surface area contributed by atoms with E-state index in [2.05, 4.69) is 31.5 Å². The normalized spacial score (nSPS) is 26.2. The van der Waals surface area contributed by atoms with E-state index in [1.54, 1.807) is 6.92 Å². The van der Waals surface area contributed by atoms with Crippen LogP contribution in [0.2, 0.25) is 0 Å². The fourth-order valence-corrected chi connectivity index (χ4v) is 5.18. The molecule has 3 amide bonds. The minimum absolute atomic E-state index is 0.115. The molecule has 24 heavy (non-hydrogen) atoms. The molecule has 1 aromatic rings. The van der Waals surface area contributed by atoms with Gasteiger partial charge in [0, 0.05) is 30.0 Å². The van der Waals surface area contributed by atoms with Crippen LogP contribution in [0, 0.1) is 5.92 Å². The van der Waals surface area contributed by atoms with Crippen LogP contribution in [0.4, 0.5) is 4.79 Å². The number of aromatic nitrogens is 1. The molecule has 2 fully saturated rings. The van der Waals surface area contributed by atoms with Crippen LogP contribution in [0.25, 0.3) is 0 Å². The van der Waals surface area contributed by atoms with E-state index in [0.717, 1.165) is 0 Å². The maximum Gasteiger partial charge on any atom is 0.322 e. The highest BCUT2D eigenvalue weighted by Crippen LogP contribution is 2.32. The molecule has 2 N–H and O–H groups in total. The predicted octanol–water partition coefficient (Wildman–Crippen LogP) is 0.843. The van der Waals surface area contributed by atoms with Gasteiger partial charge in [0.2, 0.25) is 10.0 Å². The Labute approximate surface area is 148 Å². The van der Waals surface area contributed by atoms with Gasteiger partial charge < -0.3 is 5.32 Å². The van der Waals surface area contributed by atoms with Gasteiger partial charge in [-0.3, -0.25) is 15.1 Å². The van der Waals surface area contributed by atoms with Crippen molar-refractivity contribution >= 4 is 37.9 Å². The van der Waals surface area contributed by atoms with Crippen molar-refractivity contribution < 1.29 is 18.0 Å². The number of pyridine rings is 1. The van der Waals surface area contributed by atoms with E-state index in [0.29, 0.717) is 17.3 Å². The lowest BCUT2D eigenvalue weighted by Crippen LogP contribution is -2.54. The molecular weight excluding hydrogens is 400 g/mol. The summed E-state index contributed by atoms with van der Waals surface area (Å²) >= 11 is 3.22. The third-order valence-electron chi connectivity index (χ3n) is 4.66. The summed E-state index contributed by atoms with van der Waals surface area (Å²) < 4.78 is 27.3. The highest BCUT2D eigenvalue weighted by atomic mass is 79.9. The molecule has 3 rings (SSSR count). The fourth-order valence-electron chi connectivity index (χ4n) is 3.20. The SMILES string of the molecule is CC1(C2CCN(S(=O)(=O)c3cncc(Br)c3)CC2)NC(=O)NC1=O. The summed E-state index contributed by atoms with van der Waals surface area (Å²) in [6.45, 7) is 2.26. The summed E-state index contributed by atoms with van der Waals surface area (Å²) in [5, 5.41) is 4.90. The number of carbonyl (C=O) groups is 2. The van der Waals surface area contributed by atoms with Crippen molar-refractivity contribution in [2.24, 2.45) is 5.92 Å². The minimum atomic E-state index is -3.62. The summed E-state index contributed by atoms with van der Waals surface area (Å²) in [7, 11) is -3.62. The zero-order chi connectivity index (χ0) is 17.5. The highest BCUT2D eigenvalue weighted by Gasteiger charge is 2.49. The van der Waals surface area contributed by atoms with Crippen molar-refractivity contribution in [1.29, 1.82) is 0 Å². The number of sulfonamides is 1. The van der Waals surface area contributed by atoms with Gasteiger partial charge in [-0.1, -0.05) is 0 Å². The topological polar surface area (TPSA) is 108 Å². The Morgan fingerprint density at radius 1 is 1.29 bits per heavy atom. The standard InChI is InChI=1S/C14H17BrN4O4S/c1-14(12(20)17-13(21)18-14)9-2-4-19(5-3-9)24(22,23)11-6-10(15)7-16-8-11/h6-9H,2-5H2,1H3,(H2,17,18,20,21). The second-order valence-corrected chi connectivity index (χ2v) is 8.98. The third-order valence-corrected chi connectivity index (χ3v) is 6.96. The summed E-state index contributed by atoms with van der Waals surface area (Å²) in [6.07, 6.45) is 3.82. The first kappa shape index (κ1) is 17.3. The number of hydrogen-bond acceptors (Lipinski definition) is 5. The van der Waals surface area contributed by atoms with Crippen molar-refractivity contribution in [3.05, 3.63) is 22.9 Å². The van der Waals surface area contributed by atoms with E-state index in [9.17, 15) is 18.0 Å². The number of carbonyl (C=O) groups excluding carboxylic acids is 2. The van der Waals surface area contributed by atoms with Crippen molar-refractivity contribution in [1.82, 2.24) is 19.9 Å². The van der Waals surface area contributed by atoms with Gasteiger partial charge >= 0.3 is 6.03 Å². The molecule has 0 radical (unpaired) electrons. The van der Waals surface area contributed by atoms with Crippen LogP contribution in [0.5, 0.6) is 0 Å². The number of halogens is 1. The maximum atomic E-state index is 12.7. The van der Waals surface area contributed by atoms with E-state index >= 15 is 0 Å². The predicted molar refractivity (Wildman–Crippen MR) is 88.5 cm³/mol. The molecule has 2 aliphatic heterocycles. The third kappa shape index (κ3) is 2.93. The molecule has 0 aromatic carbocycles. The summed E-state index contributed by atoms with van der Waals surface area (Å²) in [4.78, 5) is 27.4. The van der Waals surface area contributed by atoms with Crippen LogP contribution in [0.1, 0.15) is 19.8 Å². The van der Waals surface area contributed by atoms with Crippen LogP contribution >= 0.6 is 15.9 Å². The number of imide groups is 1. The molecular formula is C14H17BrN4O4S. The zero-order valence-electron chi connectivity index (χ0n) is 13.0. The molecule has 10 heteroatoms. The van der Waals surface area contributed by atoms with Gasteiger partial charge in [0.15, 0.2) is 0 Å². The number of piperidine rings is 1. The van der Waals surface area contributed by atoms with Gasteiger partial charge in [-0.25, -0.2) is 13.2 Å². The van der Waals surface area contributed by atoms with Gasteiger partial charge in [-0.15, -0.1) is 0 Å². The zero-order valence-corrected chi connectivity index (χ0v) is 15.4. The molecule has 1 atom stereocenters. The number of amides is 3. The summed E-state index contributed by atoms with van der Waals surface area (Å²) in [5.74, 6) is -0.471. The Kier molecular flexibility index (Phi) is 4.39. The fraction of sp³-hybridized carbons (Fsp3) is 0.500. The van der Waals surface area contributed by atoms with E-state index in [1.165, 1.54) is 22.8 Å². The van der Waals surface area contributed by atoms with Gasteiger partial charge in [0.25, 0.3) is 5.91 Å². The number of rotatable bonds is 3. The molecule has 0 spiro atoms. The van der Waals surface area contributed by atoms with Gasteiger partial charge in [-0.2, -0.15) is 4.31 Å². The van der Waals surface area contributed by atoms with E-state index in [-0.39, 0.29) is 29.8 Å². The first-order valence-corrected chi connectivity index (χ1v) is 9.71. The largest absolute Gasteiger partial charge is 0.323 e. The average molecular weight is 417 g/mol. The van der Waals surface area contributed by atoms with E-state index in [4.69, 9.17) is 0 Å². The van der Waals surface area contributed by atoms with Gasteiger partial charge in [0.05, 0.1) is 0 Å². The van der Waals surface area contributed by atoms with Crippen LogP contribution in [-0.2, 0) is 14.8 Å². The lowest BCUT2D eigenvalue weighted by molar-refractivity contribution is -0.125. The van der Waals surface area contributed by atoms with Crippen molar-refractivity contribution in [3.8, 4) is 0 Å². The molecule has 3 heterocycles. The second-order valence-electron chi connectivity index (χ2n) is 6.13. The lowest BCUT2D eigenvalue weighted by atomic mass is 9.79. The van der Waals surface area contributed by atoms with Crippen molar-refractivity contribution in [2.45, 2.75) is 30.2 Å².